The molecule has 1 aliphatic rings. The summed E-state index contributed by atoms with van der Waals surface area (Å²) in [6, 6.07) is 26.3. The van der Waals surface area contributed by atoms with Crippen LogP contribution in [0.25, 0.3) is 10.2 Å². The van der Waals surface area contributed by atoms with Crippen LogP contribution in [0, 0.1) is 5.92 Å². The van der Waals surface area contributed by atoms with Crippen LogP contribution in [0.15, 0.2) is 78.9 Å². The maximum absolute atomic E-state index is 11.7. The molecular weight excluding hydrogens is 432 g/mol. The predicted octanol–water partition coefficient (Wildman–Crippen LogP) is 5.76. The molecule has 0 spiro atoms. The van der Waals surface area contributed by atoms with E-state index >= 15 is 0 Å². The van der Waals surface area contributed by atoms with Crippen molar-refractivity contribution in [3.05, 3.63) is 95.0 Å². The molecule has 2 atom stereocenters. The molecule has 0 aliphatic carbocycles. The molecule has 1 N–H and O–H groups in total. The maximum atomic E-state index is 11.7. The number of ether oxygens (including phenoxy) is 1. The Hall–Kier alpha value is -3.22. The van der Waals surface area contributed by atoms with Crippen molar-refractivity contribution in [1.82, 2.24) is 9.88 Å². The second-order valence-corrected chi connectivity index (χ2v) is 9.50. The minimum Gasteiger partial charge on any atom is -0.489 e. The highest BCUT2D eigenvalue weighted by molar-refractivity contribution is 7.18. The summed E-state index contributed by atoms with van der Waals surface area (Å²) in [5.41, 5.74) is 3.21. The van der Waals surface area contributed by atoms with Gasteiger partial charge in [0.1, 0.15) is 17.4 Å². The van der Waals surface area contributed by atoms with Gasteiger partial charge >= 0.3 is 5.97 Å². The summed E-state index contributed by atoms with van der Waals surface area (Å²) in [7, 11) is 0. The predicted molar refractivity (Wildman–Crippen MR) is 131 cm³/mol. The van der Waals surface area contributed by atoms with Crippen molar-refractivity contribution in [2.24, 2.45) is 5.92 Å². The van der Waals surface area contributed by atoms with Gasteiger partial charge in [0, 0.05) is 6.54 Å². The first-order valence-corrected chi connectivity index (χ1v) is 12.1. The Morgan fingerprint density at radius 2 is 1.82 bits per heavy atom. The Bertz CT molecular complexity index is 1190. The lowest BCUT2D eigenvalue weighted by molar-refractivity contribution is -0.143. The van der Waals surface area contributed by atoms with E-state index in [2.05, 4.69) is 23.1 Å². The van der Waals surface area contributed by atoms with Crippen molar-refractivity contribution in [2.45, 2.75) is 25.5 Å². The Kier molecular flexibility index (Phi) is 6.37. The summed E-state index contributed by atoms with van der Waals surface area (Å²) in [5.74, 6) is -0.246. The van der Waals surface area contributed by atoms with Gasteiger partial charge in [-0.05, 0) is 54.8 Å². The quantitative estimate of drug-likeness (QED) is 0.381. The molecule has 33 heavy (non-hydrogen) atoms. The number of piperidine rings is 1. The van der Waals surface area contributed by atoms with E-state index in [1.54, 1.807) is 11.3 Å². The Balaban J connectivity index is 1.43. The SMILES string of the molecule is O=C(O)C1CCCN(C(c2ccc(OCc3ccccc3)cc2)c2nc3ccccc3s2)C1. The van der Waals surface area contributed by atoms with Gasteiger partial charge in [0.05, 0.1) is 22.2 Å². The molecule has 0 saturated carbocycles. The molecule has 5 rings (SSSR count). The van der Waals surface area contributed by atoms with Crippen LogP contribution in [0.1, 0.15) is 35.0 Å². The largest absolute Gasteiger partial charge is 0.489 e. The van der Waals surface area contributed by atoms with E-state index in [4.69, 9.17) is 9.72 Å². The third-order valence-corrected chi connectivity index (χ3v) is 7.24. The molecule has 0 radical (unpaired) electrons. The molecule has 4 aromatic rings. The number of carboxylic acids is 1. The van der Waals surface area contributed by atoms with Gasteiger partial charge in [-0.2, -0.15) is 0 Å². The highest BCUT2D eigenvalue weighted by Gasteiger charge is 2.32. The van der Waals surface area contributed by atoms with Crippen molar-refractivity contribution in [2.75, 3.05) is 13.1 Å². The normalized spacial score (nSPS) is 17.6. The molecular formula is C27H26N2O3S. The third kappa shape index (κ3) is 4.92. The van der Waals surface area contributed by atoms with Crippen LogP contribution >= 0.6 is 11.3 Å². The van der Waals surface area contributed by atoms with E-state index in [0.717, 1.165) is 51.5 Å². The van der Waals surface area contributed by atoms with Gasteiger partial charge in [-0.25, -0.2) is 4.98 Å². The second kappa shape index (κ2) is 9.73. The molecule has 168 valence electrons. The van der Waals surface area contributed by atoms with Gasteiger partial charge in [-0.15, -0.1) is 11.3 Å². The topological polar surface area (TPSA) is 62.7 Å². The van der Waals surface area contributed by atoms with Crippen LogP contribution in [-0.2, 0) is 11.4 Å². The fourth-order valence-electron chi connectivity index (χ4n) is 4.45. The fourth-order valence-corrected chi connectivity index (χ4v) is 5.58. The van der Waals surface area contributed by atoms with Crippen LogP contribution in [-0.4, -0.2) is 34.0 Å². The first-order chi connectivity index (χ1) is 16.2. The number of hydrogen-bond acceptors (Lipinski definition) is 5. The summed E-state index contributed by atoms with van der Waals surface area (Å²) in [4.78, 5) is 18.9. The van der Waals surface area contributed by atoms with Crippen molar-refractivity contribution >= 4 is 27.5 Å². The zero-order chi connectivity index (χ0) is 22.6. The van der Waals surface area contributed by atoms with Crippen molar-refractivity contribution in [1.29, 1.82) is 0 Å². The minimum absolute atomic E-state index is 0.0762. The van der Waals surface area contributed by atoms with E-state index in [9.17, 15) is 9.90 Å². The van der Waals surface area contributed by atoms with Gasteiger partial charge in [0.2, 0.25) is 0 Å². The molecule has 1 saturated heterocycles. The van der Waals surface area contributed by atoms with Crippen LogP contribution in [0.2, 0.25) is 0 Å². The van der Waals surface area contributed by atoms with E-state index in [1.807, 2.05) is 60.7 Å². The fraction of sp³-hybridized carbons (Fsp3) is 0.259. The highest BCUT2D eigenvalue weighted by Crippen LogP contribution is 2.37. The van der Waals surface area contributed by atoms with Crippen molar-refractivity contribution in [3.8, 4) is 5.75 Å². The number of likely N-dealkylation sites (tertiary alicyclic amines) is 1. The minimum atomic E-state index is -0.715. The lowest BCUT2D eigenvalue weighted by Crippen LogP contribution is -2.41. The van der Waals surface area contributed by atoms with Crippen LogP contribution < -0.4 is 4.74 Å². The summed E-state index contributed by atoms with van der Waals surface area (Å²) in [6.07, 6.45) is 1.60. The number of carbonyl (C=O) groups is 1. The Morgan fingerprint density at radius 1 is 1.06 bits per heavy atom. The summed E-state index contributed by atoms with van der Waals surface area (Å²) < 4.78 is 7.12. The number of fused-ring (bicyclic) bond motifs is 1. The molecule has 2 heterocycles. The average Bonchev–Trinajstić information content (AvgIpc) is 3.28. The Labute approximate surface area is 197 Å². The number of thiazole rings is 1. The number of hydrogen-bond donors (Lipinski definition) is 1. The number of para-hydroxylation sites is 1. The van der Waals surface area contributed by atoms with Gasteiger partial charge in [-0.1, -0.05) is 54.6 Å². The molecule has 5 nitrogen and oxygen atoms in total. The average molecular weight is 459 g/mol. The Morgan fingerprint density at radius 3 is 2.58 bits per heavy atom. The standard InChI is InChI=1S/C27H26N2O3S/c30-27(31)21-9-6-16-29(17-21)25(26-28-23-10-4-5-11-24(23)33-26)20-12-14-22(15-13-20)32-18-19-7-2-1-3-8-19/h1-5,7-8,10-15,21,25H,6,9,16-18H2,(H,30,31). The van der Waals surface area contributed by atoms with E-state index in [-0.39, 0.29) is 12.0 Å². The van der Waals surface area contributed by atoms with Crippen LogP contribution in [0.3, 0.4) is 0 Å². The van der Waals surface area contributed by atoms with E-state index in [1.165, 1.54) is 0 Å². The molecule has 0 bridgehead atoms. The van der Waals surface area contributed by atoms with E-state index in [0.29, 0.717) is 13.2 Å². The highest BCUT2D eigenvalue weighted by atomic mass is 32.1. The number of aliphatic carboxylic acids is 1. The molecule has 2 unspecified atom stereocenters. The first-order valence-electron chi connectivity index (χ1n) is 11.3. The van der Waals surface area contributed by atoms with Gasteiger partial charge < -0.3 is 9.84 Å². The molecule has 1 aromatic heterocycles. The number of aromatic nitrogens is 1. The second-order valence-electron chi connectivity index (χ2n) is 8.44. The van der Waals surface area contributed by atoms with Gasteiger partial charge in [0.25, 0.3) is 0 Å². The summed E-state index contributed by atoms with van der Waals surface area (Å²) in [5, 5.41) is 10.6. The first kappa shape index (κ1) is 21.6. The summed E-state index contributed by atoms with van der Waals surface area (Å²) in [6.45, 7) is 1.91. The molecule has 1 fully saturated rings. The lowest BCUT2D eigenvalue weighted by atomic mass is 9.95. The monoisotopic (exact) mass is 458 g/mol. The molecule has 3 aromatic carbocycles. The molecule has 6 heteroatoms. The van der Waals surface area contributed by atoms with Crippen molar-refractivity contribution < 1.29 is 14.6 Å². The third-order valence-electron chi connectivity index (χ3n) is 6.16. The number of benzene rings is 3. The van der Waals surface area contributed by atoms with E-state index < -0.39 is 5.97 Å². The number of carboxylic acid groups (broad SMARTS) is 1. The van der Waals surface area contributed by atoms with Gasteiger partial charge in [-0.3, -0.25) is 9.69 Å². The molecule has 0 amide bonds. The van der Waals surface area contributed by atoms with Gasteiger partial charge in [0.15, 0.2) is 0 Å². The lowest BCUT2D eigenvalue weighted by Gasteiger charge is -2.36. The van der Waals surface area contributed by atoms with Crippen molar-refractivity contribution in [3.63, 3.8) is 0 Å². The van der Waals surface area contributed by atoms with Crippen LogP contribution in [0.4, 0.5) is 0 Å². The zero-order valence-corrected chi connectivity index (χ0v) is 19.1. The smallest absolute Gasteiger partial charge is 0.307 e. The molecule has 1 aliphatic heterocycles. The zero-order valence-electron chi connectivity index (χ0n) is 18.3. The number of nitrogens with zero attached hydrogens (tertiary/aromatic N) is 2. The number of rotatable bonds is 7. The summed E-state index contributed by atoms with van der Waals surface area (Å²) >= 11 is 1.68. The maximum Gasteiger partial charge on any atom is 0.307 e. The van der Waals surface area contributed by atoms with Crippen LogP contribution in [0.5, 0.6) is 5.75 Å².